The minimum atomic E-state index is -0.148. The van der Waals surface area contributed by atoms with Gasteiger partial charge in [0.05, 0.1) is 11.3 Å². The predicted molar refractivity (Wildman–Crippen MR) is 85.9 cm³/mol. The molecule has 0 aliphatic rings. The number of nitriles is 1. The van der Waals surface area contributed by atoms with Crippen LogP contribution in [0.5, 0.6) is 0 Å². The van der Waals surface area contributed by atoms with Gasteiger partial charge in [0.25, 0.3) is 0 Å². The summed E-state index contributed by atoms with van der Waals surface area (Å²) in [6, 6.07) is 20.3. The summed E-state index contributed by atoms with van der Waals surface area (Å²) in [5.41, 5.74) is 1.92. The van der Waals surface area contributed by atoms with E-state index in [9.17, 15) is 0 Å². The Hall–Kier alpha value is -2.38. The number of hydrogen-bond donors (Lipinski definition) is 0. The Kier molecular flexibility index (Phi) is 3.85. The molecule has 0 amide bonds. The van der Waals surface area contributed by atoms with Crippen LogP contribution in [0.3, 0.4) is 0 Å². The first-order valence-electron chi connectivity index (χ1n) is 6.66. The van der Waals surface area contributed by atoms with E-state index in [1.54, 1.807) is 0 Å². The van der Waals surface area contributed by atoms with Crippen LogP contribution in [0.1, 0.15) is 6.92 Å². The summed E-state index contributed by atoms with van der Waals surface area (Å²) in [7, 11) is 0. The third-order valence-corrected chi connectivity index (χ3v) is 4.15. The smallest absolute Gasteiger partial charge is 0.128 e. The lowest BCUT2D eigenvalue weighted by Crippen LogP contribution is -1.97. The van der Waals surface area contributed by atoms with Gasteiger partial charge in [0.15, 0.2) is 0 Å². The maximum Gasteiger partial charge on any atom is 0.128 e. The molecule has 0 unspecified atom stereocenters. The number of aromatic nitrogens is 2. The molecule has 1 heterocycles. The molecule has 0 aliphatic carbocycles. The summed E-state index contributed by atoms with van der Waals surface area (Å²) in [5, 5.41) is 20.5. The molecule has 0 spiro atoms. The van der Waals surface area contributed by atoms with E-state index in [0.717, 1.165) is 27.1 Å². The van der Waals surface area contributed by atoms with Crippen LogP contribution >= 0.6 is 11.8 Å². The average Bonchev–Trinajstić information content (AvgIpc) is 2.56. The molecule has 0 saturated carbocycles. The highest BCUT2D eigenvalue weighted by molar-refractivity contribution is 8.00. The topological polar surface area (TPSA) is 49.6 Å². The lowest BCUT2D eigenvalue weighted by Gasteiger charge is -2.09. The summed E-state index contributed by atoms with van der Waals surface area (Å²) < 4.78 is 0. The third kappa shape index (κ3) is 2.74. The first-order chi connectivity index (χ1) is 10.3. The second-order valence-electron chi connectivity index (χ2n) is 4.65. The largest absolute Gasteiger partial charge is 0.197 e. The highest BCUT2D eigenvalue weighted by Crippen LogP contribution is 2.32. The van der Waals surface area contributed by atoms with Crippen molar-refractivity contribution in [1.29, 1.82) is 5.26 Å². The van der Waals surface area contributed by atoms with Crippen molar-refractivity contribution in [3.8, 4) is 17.3 Å². The zero-order chi connectivity index (χ0) is 14.7. The predicted octanol–water partition coefficient (Wildman–Crippen LogP) is 4.30. The molecule has 0 bridgehead atoms. The summed E-state index contributed by atoms with van der Waals surface area (Å²) in [4.78, 5) is 0. The lowest BCUT2D eigenvalue weighted by atomic mass is 10.1. The number of fused-ring (bicyclic) bond motifs is 1. The minimum Gasteiger partial charge on any atom is -0.197 e. The first-order valence-corrected chi connectivity index (χ1v) is 7.54. The Bertz CT molecular complexity index is 809. The Balaban J connectivity index is 2.18. The van der Waals surface area contributed by atoms with Crippen LogP contribution in [0.15, 0.2) is 59.6 Å². The fourth-order valence-corrected chi connectivity index (χ4v) is 2.95. The van der Waals surface area contributed by atoms with Crippen LogP contribution < -0.4 is 0 Å². The number of benzene rings is 2. The molecular weight excluding hydrogens is 278 g/mol. The highest BCUT2D eigenvalue weighted by Gasteiger charge is 2.13. The van der Waals surface area contributed by atoms with E-state index in [1.165, 1.54) is 11.8 Å². The van der Waals surface area contributed by atoms with Crippen LogP contribution in [0, 0.1) is 11.3 Å². The molecule has 1 atom stereocenters. The number of nitrogens with zero attached hydrogens (tertiary/aromatic N) is 3. The Labute approximate surface area is 127 Å². The van der Waals surface area contributed by atoms with Crippen molar-refractivity contribution in [1.82, 2.24) is 10.2 Å². The standard InChI is InChI=1S/C17H13N3S/c1-12(11-18)21-17-15-10-6-5-9-14(15)16(19-20-17)13-7-3-2-4-8-13/h2-10,12H,1H3/t12-/m0/s1. The van der Waals surface area contributed by atoms with E-state index in [-0.39, 0.29) is 5.25 Å². The maximum absolute atomic E-state index is 8.98. The number of hydrogen-bond acceptors (Lipinski definition) is 4. The lowest BCUT2D eigenvalue weighted by molar-refractivity contribution is 0.959. The summed E-state index contributed by atoms with van der Waals surface area (Å²) in [6.07, 6.45) is 0. The monoisotopic (exact) mass is 291 g/mol. The van der Waals surface area contributed by atoms with Gasteiger partial charge in [-0.05, 0) is 6.92 Å². The number of rotatable bonds is 3. The Morgan fingerprint density at radius 3 is 2.33 bits per heavy atom. The van der Waals surface area contributed by atoms with Crippen molar-refractivity contribution in [3.63, 3.8) is 0 Å². The van der Waals surface area contributed by atoms with Crippen LogP contribution in [0.2, 0.25) is 0 Å². The van der Waals surface area contributed by atoms with Gasteiger partial charge in [-0.3, -0.25) is 0 Å². The van der Waals surface area contributed by atoms with Crippen molar-refractivity contribution in [2.75, 3.05) is 0 Å². The van der Waals surface area contributed by atoms with Gasteiger partial charge < -0.3 is 0 Å². The molecule has 4 heteroatoms. The molecule has 3 rings (SSSR count). The van der Waals surface area contributed by atoms with Crippen LogP contribution in [0.4, 0.5) is 0 Å². The number of thioether (sulfide) groups is 1. The molecule has 0 saturated heterocycles. The summed E-state index contributed by atoms with van der Waals surface area (Å²) >= 11 is 1.44. The molecule has 0 fully saturated rings. The molecule has 3 aromatic rings. The molecule has 1 aromatic heterocycles. The molecule has 0 N–H and O–H groups in total. The quantitative estimate of drug-likeness (QED) is 0.675. The first kappa shape index (κ1) is 13.6. The van der Waals surface area contributed by atoms with Crippen molar-refractivity contribution >= 4 is 22.5 Å². The Morgan fingerprint density at radius 1 is 0.952 bits per heavy atom. The molecule has 2 aromatic carbocycles. The van der Waals surface area contributed by atoms with Crippen LogP contribution in [0.25, 0.3) is 22.0 Å². The van der Waals surface area contributed by atoms with Crippen LogP contribution in [-0.4, -0.2) is 15.4 Å². The van der Waals surface area contributed by atoms with Gasteiger partial charge in [0.1, 0.15) is 10.7 Å². The van der Waals surface area contributed by atoms with Crippen molar-refractivity contribution < 1.29 is 0 Å². The van der Waals surface area contributed by atoms with Crippen LogP contribution in [-0.2, 0) is 0 Å². The van der Waals surface area contributed by atoms with Gasteiger partial charge in [-0.15, -0.1) is 10.2 Å². The van der Waals surface area contributed by atoms with Crippen molar-refractivity contribution in [2.24, 2.45) is 0 Å². The van der Waals surface area contributed by atoms with Gasteiger partial charge in [-0.2, -0.15) is 5.26 Å². The maximum atomic E-state index is 8.98. The zero-order valence-electron chi connectivity index (χ0n) is 11.5. The normalized spacial score (nSPS) is 12.0. The second-order valence-corrected chi connectivity index (χ2v) is 5.98. The van der Waals surface area contributed by atoms with E-state index in [4.69, 9.17) is 5.26 Å². The molecule has 102 valence electrons. The van der Waals surface area contributed by atoms with Gasteiger partial charge in [0.2, 0.25) is 0 Å². The summed E-state index contributed by atoms with van der Waals surface area (Å²) in [5.74, 6) is 0. The van der Waals surface area contributed by atoms with E-state index in [2.05, 4.69) is 16.3 Å². The highest BCUT2D eigenvalue weighted by atomic mass is 32.2. The van der Waals surface area contributed by atoms with Gasteiger partial charge in [-0.1, -0.05) is 66.4 Å². The van der Waals surface area contributed by atoms with E-state index in [1.807, 2.05) is 61.5 Å². The van der Waals surface area contributed by atoms with Crippen molar-refractivity contribution in [3.05, 3.63) is 54.6 Å². The van der Waals surface area contributed by atoms with Crippen molar-refractivity contribution in [2.45, 2.75) is 17.2 Å². The van der Waals surface area contributed by atoms with E-state index < -0.39 is 0 Å². The van der Waals surface area contributed by atoms with Gasteiger partial charge in [-0.25, -0.2) is 0 Å². The van der Waals surface area contributed by atoms with E-state index >= 15 is 0 Å². The minimum absolute atomic E-state index is 0.148. The van der Waals surface area contributed by atoms with Gasteiger partial charge >= 0.3 is 0 Å². The van der Waals surface area contributed by atoms with E-state index in [0.29, 0.717) is 0 Å². The molecule has 21 heavy (non-hydrogen) atoms. The molecule has 3 nitrogen and oxygen atoms in total. The molecule has 0 radical (unpaired) electrons. The summed E-state index contributed by atoms with van der Waals surface area (Å²) in [6.45, 7) is 1.87. The SMILES string of the molecule is C[C@@H](C#N)Sc1nnc(-c2ccccc2)c2ccccc12. The molecule has 0 aliphatic heterocycles. The fraction of sp³-hybridized carbons (Fsp3) is 0.118. The second kappa shape index (κ2) is 5.94. The third-order valence-electron chi connectivity index (χ3n) is 3.17. The Morgan fingerprint density at radius 2 is 1.62 bits per heavy atom. The van der Waals surface area contributed by atoms with Gasteiger partial charge in [0, 0.05) is 16.3 Å². The average molecular weight is 291 g/mol. The molecular formula is C17H13N3S. The zero-order valence-corrected chi connectivity index (χ0v) is 12.3. The fourth-order valence-electron chi connectivity index (χ4n) is 2.17.